The molecule has 118 valence electrons. The van der Waals surface area contributed by atoms with Gasteiger partial charge in [-0.05, 0) is 50.0 Å². The van der Waals surface area contributed by atoms with Crippen LogP contribution in [0.4, 0.5) is 0 Å². The molecule has 1 aromatic rings. The van der Waals surface area contributed by atoms with E-state index >= 15 is 0 Å². The number of thioether (sulfide) groups is 1. The molecule has 0 spiro atoms. The molecule has 0 radical (unpaired) electrons. The predicted octanol–water partition coefficient (Wildman–Crippen LogP) is 3.89. The van der Waals surface area contributed by atoms with Crippen LogP contribution in [0.2, 0.25) is 0 Å². The fourth-order valence-corrected chi connectivity index (χ4v) is 2.35. The number of hydrogen-bond acceptors (Lipinski definition) is 4. The molecule has 0 saturated carbocycles. The topological polar surface area (TPSA) is 63.6 Å². The van der Waals surface area contributed by atoms with Crippen molar-refractivity contribution in [1.82, 2.24) is 0 Å². The number of carboxylic acid groups (broad SMARTS) is 1. The molecule has 0 aliphatic rings. The first kappa shape index (κ1) is 18.0. The summed E-state index contributed by atoms with van der Waals surface area (Å²) in [6, 6.07) is 9.78. The largest absolute Gasteiger partial charge is 0.481 e. The van der Waals surface area contributed by atoms with Crippen molar-refractivity contribution < 1.29 is 19.4 Å². The van der Waals surface area contributed by atoms with Crippen molar-refractivity contribution in [2.24, 2.45) is 5.92 Å². The van der Waals surface area contributed by atoms with Crippen molar-refractivity contribution in [2.45, 2.75) is 25.7 Å². The summed E-state index contributed by atoms with van der Waals surface area (Å²) in [5, 5.41) is 11.0. The fraction of sp³-hybridized carbons (Fsp3) is 0.294. The molecule has 1 rings (SSSR count). The number of hydrogen-bond donors (Lipinski definition) is 1. The third kappa shape index (κ3) is 5.77. The van der Waals surface area contributed by atoms with E-state index in [2.05, 4.69) is 0 Å². The van der Waals surface area contributed by atoms with E-state index < -0.39 is 17.9 Å². The van der Waals surface area contributed by atoms with Gasteiger partial charge >= 0.3 is 11.9 Å². The van der Waals surface area contributed by atoms with Crippen molar-refractivity contribution >= 4 is 23.7 Å². The molecule has 1 aromatic carbocycles. The van der Waals surface area contributed by atoms with Gasteiger partial charge in [0.1, 0.15) is 0 Å². The lowest BCUT2D eigenvalue weighted by atomic mass is 9.99. The Hall–Kier alpha value is -2.01. The second kappa shape index (κ2) is 9.10. The summed E-state index contributed by atoms with van der Waals surface area (Å²) in [5.74, 6) is -2.55. The second-order valence-electron chi connectivity index (χ2n) is 4.67. The smallest absolute Gasteiger partial charge is 0.334 e. The van der Waals surface area contributed by atoms with Crippen molar-refractivity contribution in [3.8, 4) is 0 Å². The van der Waals surface area contributed by atoms with Crippen LogP contribution in [0.25, 0.3) is 0 Å². The maximum absolute atomic E-state index is 11.9. The molecule has 0 fully saturated rings. The molecule has 0 aliphatic carbocycles. The maximum Gasteiger partial charge on any atom is 0.334 e. The predicted molar refractivity (Wildman–Crippen MR) is 87.6 cm³/mol. The first-order chi connectivity index (χ1) is 10.5. The second-order valence-corrected chi connectivity index (χ2v) is 5.62. The van der Waals surface area contributed by atoms with Crippen LogP contribution in [0.3, 0.4) is 0 Å². The molecule has 22 heavy (non-hydrogen) atoms. The number of carbonyl (C=O) groups excluding carboxylic acids is 1. The molecule has 0 saturated heterocycles. The van der Waals surface area contributed by atoms with E-state index in [9.17, 15) is 9.59 Å². The molecule has 4 nitrogen and oxygen atoms in total. The zero-order valence-corrected chi connectivity index (χ0v) is 13.7. The minimum Gasteiger partial charge on any atom is -0.481 e. The van der Waals surface area contributed by atoms with Crippen LogP contribution in [0, 0.1) is 5.92 Å². The van der Waals surface area contributed by atoms with E-state index in [0.717, 1.165) is 10.5 Å². The average molecular weight is 320 g/mol. The normalized spacial score (nSPS) is 13.6. The highest BCUT2D eigenvalue weighted by molar-refractivity contribution is 8.02. The molecule has 0 amide bonds. The molecule has 5 heteroatoms. The van der Waals surface area contributed by atoms with Gasteiger partial charge in [-0.1, -0.05) is 30.0 Å². The van der Waals surface area contributed by atoms with Gasteiger partial charge in [-0.2, -0.15) is 0 Å². The molecule has 0 heterocycles. The third-order valence-corrected chi connectivity index (χ3v) is 3.89. The van der Waals surface area contributed by atoms with E-state index in [4.69, 9.17) is 9.84 Å². The fourth-order valence-electron chi connectivity index (χ4n) is 1.65. The van der Waals surface area contributed by atoms with E-state index in [-0.39, 0.29) is 12.2 Å². The highest BCUT2D eigenvalue weighted by atomic mass is 32.2. The molecular weight excluding hydrogens is 300 g/mol. The van der Waals surface area contributed by atoms with Crippen LogP contribution >= 0.6 is 11.8 Å². The van der Waals surface area contributed by atoms with Crippen LogP contribution in [-0.2, 0) is 14.3 Å². The van der Waals surface area contributed by atoms with E-state index in [1.807, 2.05) is 42.7 Å². The zero-order valence-electron chi connectivity index (χ0n) is 12.9. The molecule has 0 bridgehead atoms. The lowest BCUT2D eigenvalue weighted by molar-refractivity contribution is -0.145. The Morgan fingerprint density at radius 2 is 1.95 bits per heavy atom. The van der Waals surface area contributed by atoms with Gasteiger partial charge in [-0.3, -0.25) is 4.79 Å². The Labute approximate surface area is 134 Å². The summed E-state index contributed by atoms with van der Waals surface area (Å²) >= 11 is 1.51. The van der Waals surface area contributed by atoms with Crippen LogP contribution in [0.15, 0.2) is 57.9 Å². The standard InChI is InChI=1S/C17H20O4S/c1-4-21-17(20)15(13(3)16(18)19)10-12(2)11-22-14-8-6-5-7-9-14/h5-11,13H,4H2,1-3H3,(H,18,19)/b12-11+,15-10+. The molecule has 1 atom stereocenters. The molecule has 1 N–H and O–H groups in total. The summed E-state index contributed by atoms with van der Waals surface area (Å²) in [4.78, 5) is 24.1. The van der Waals surface area contributed by atoms with Crippen LogP contribution in [-0.4, -0.2) is 23.7 Å². The molecular formula is C17H20O4S. The quantitative estimate of drug-likeness (QED) is 0.357. The summed E-state index contributed by atoms with van der Waals surface area (Å²) in [6.07, 6.45) is 1.58. The minimum atomic E-state index is -1.05. The van der Waals surface area contributed by atoms with Gasteiger partial charge < -0.3 is 9.84 Å². The van der Waals surface area contributed by atoms with Gasteiger partial charge in [0.15, 0.2) is 0 Å². The Bertz CT molecular complexity index is 576. The van der Waals surface area contributed by atoms with Gasteiger partial charge in [0.25, 0.3) is 0 Å². The summed E-state index contributed by atoms with van der Waals surface area (Å²) in [7, 11) is 0. The van der Waals surface area contributed by atoms with Gasteiger partial charge in [-0.15, -0.1) is 0 Å². The number of ether oxygens (including phenoxy) is 1. The first-order valence-electron chi connectivity index (χ1n) is 6.95. The Balaban J connectivity index is 2.94. The Morgan fingerprint density at radius 3 is 2.50 bits per heavy atom. The lowest BCUT2D eigenvalue weighted by Crippen LogP contribution is -2.20. The SMILES string of the molecule is CCOC(=O)/C(=C/C(C)=C/Sc1ccccc1)C(C)C(=O)O. The minimum absolute atomic E-state index is 0.150. The van der Waals surface area contributed by atoms with Gasteiger partial charge in [0.2, 0.25) is 0 Å². The Morgan fingerprint density at radius 1 is 1.32 bits per heavy atom. The number of carboxylic acids is 1. The van der Waals surface area contributed by atoms with Crippen LogP contribution in [0.1, 0.15) is 20.8 Å². The van der Waals surface area contributed by atoms with Crippen molar-refractivity contribution in [2.75, 3.05) is 6.61 Å². The third-order valence-electron chi connectivity index (χ3n) is 2.86. The first-order valence-corrected chi connectivity index (χ1v) is 7.83. The monoisotopic (exact) mass is 320 g/mol. The number of allylic oxidation sites excluding steroid dienone is 2. The average Bonchev–Trinajstić information content (AvgIpc) is 2.51. The highest BCUT2D eigenvalue weighted by Crippen LogP contribution is 2.22. The van der Waals surface area contributed by atoms with E-state index in [1.54, 1.807) is 13.0 Å². The number of aliphatic carboxylic acids is 1. The molecule has 1 unspecified atom stereocenters. The van der Waals surface area contributed by atoms with Crippen molar-refractivity contribution in [3.63, 3.8) is 0 Å². The summed E-state index contributed by atoms with van der Waals surface area (Å²) < 4.78 is 4.93. The summed E-state index contributed by atoms with van der Waals surface area (Å²) in [5.41, 5.74) is 0.946. The number of benzene rings is 1. The van der Waals surface area contributed by atoms with Crippen LogP contribution < -0.4 is 0 Å². The van der Waals surface area contributed by atoms with Gasteiger partial charge in [-0.25, -0.2) is 4.79 Å². The lowest BCUT2D eigenvalue weighted by Gasteiger charge is -2.11. The van der Waals surface area contributed by atoms with Gasteiger partial charge in [0.05, 0.1) is 18.1 Å². The van der Waals surface area contributed by atoms with Crippen molar-refractivity contribution in [1.29, 1.82) is 0 Å². The van der Waals surface area contributed by atoms with Crippen molar-refractivity contribution in [3.05, 3.63) is 53.0 Å². The number of carbonyl (C=O) groups is 2. The molecule has 0 aliphatic heterocycles. The molecule has 0 aromatic heterocycles. The zero-order chi connectivity index (χ0) is 16.5. The Kier molecular flexibility index (Phi) is 7.46. The van der Waals surface area contributed by atoms with E-state index in [0.29, 0.717) is 0 Å². The highest BCUT2D eigenvalue weighted by Gasteiger charge is 2.23. The van der Waals surface area contributed by atoms with Crippen LogP contribution in [0.5, 0.6) is 0 Å². The maximum atomic E-state index is 11.9. The number of rotatable bonds is 7. The van der Waals surface area contributed by atoms with Gasteiger partial charge in [0, 0.05) is 4.90 Å². The summed E-state index contributed by atoms with van der Waals surface area (Å²) in [6.45, 7) is 5.20. The number of esters is 1. The van der Waals surface area contributed by atoms with E-state index in [1.165, 1.54) is 18.7 Å².